The molecule has 2 heterocycles. The van der Waals surface area contributed by atoms with Gasteiger partial charge < -0.3 is 20.3 Å². The van der Waals surface area contributed by atoms with Crippen molar-refractivity contribution in [2.24, 2.45) is 23.9 Å². The molecule has 2 rings (SSSR count). The smallest absolute Gasteiger partial charge is 0.191 e. The van der Waals surface area contributed by atoms with Crippen LogP contribution in [0.2, 0.25) is 0 Å². The zero-order valence-electron chi connectivity index (χ0n) is 17.9. The molecule has 2 aromatic heterocycles. The van der Waals surface area contributed by atoms with Gasteiger partial charge in [0, 0.05) is 31.6 Å². The third-order valence-electron chi connectivity index (χ3n) is 4.71. The van der Waals surface area contributed by atoms with Gasteiger partial charge >= 0.3 is 0 Å². The molecule has 0 aliphatic rings. The van der Waals surface area contributed by atoms with Gasteiger partial charge in [0.15, 0.2) is 11.8 Å². The number of aliphatic hydroxyl groups is 1. The van der Waals surface area contributed by atoms with E-state index in [9.17, 15) is 5.11 Å². The lowest BCUT2D eigenvalue weighted by atomic mass is 9.94. The minimum atomic E-state index is 0. The number of rotatable bonds is 11. The Bertz CT molecular complexity index is 717. The number of nitrogens with one attached hydrogen (secondary N) is 2. The number of aryl methyl sites for hydroxylation is 1. The van der Waals surface area contributed by atoms with Crippen LogP contribution in [-0.4, -0.2) is 45.5 Å². The Morgan fingerprint density at radius 1 is 1.31 bits per heavy atom. The number of nitrogens with zero attached hydrogens (tertiary/aromatic N) is 4. The third kappa shape index (κ3) is 9.43. The van der Waals surface area contributed by atoms with Crippen LogP contribution in [-0.2, 0) is 20.0 Å². The number of halogens is 1. The van der Waals surface area contributed by atoms with E-state index in [0.29, 0.717) is 18.4 Å². The van der Waals surface area contributed by atoms with Crippen molar-refractivity contribution < 1.29 is 5.11 Å². The first-order chi connectivity index (χ1) is 13.5. The highest BCUT2D eigenvalue weighted by atomic mass is 127. The van der Waals surface area contributed by atoms with Gasteiger partial charge in [-0.2, -0.15) is 0 Å². The highest BCUT2D eigenvalue weighted by Crippen LogP contribution is 2.14. The molecule has 0 aromatic carbocycles. The van der Waals surface area contributed by atoms with Crippen LogP contribution in [0.4, 0.5) is 0 Å². The minimum absolute atomic E-state index is 0. The summed E-state index contributed by atoms with van der Waals surface area (Å²) in [4.78, 5) is 6.07. The van der Waals surface area contributed by atoms with Crippen molar-refractivity contribution >= 4 is 41.3 Å². The normalized spacial score (nSPS) is 12.7. The summed E-state index contributed by atoms with van der Waals surface area (Å²) in [7, 11) is 1.96. The van der Waals surface area contributed by atoms with E-state index in [2.05, 4.69) is 52.2 Å². The van der Waals surface area contributed by atoms with Crippen molar-refractivity contribution in [1.29, 1.82) is 0 Å². The molecule has 1 unspecified atom stereocenters. The van der Waals surface area contributed by atoms with Gasteiger partial charge in [-0.25, -0.2) is 4.99 Å². The second-order valence-electron chi connectivity index (χ2n) is 7.53. The molecule has 0 saturated heterocycles. The first kappa shape index (κ1) is 25.8. The predicted molar refractivity (Wildman–Crippen MR) is 131 cm³/mol. The van der Waals surface area contributed by atoms with Gasteiger partial charge in [0.05, 0.1) is 0 Å². The predicted octanol–water partition coefficient (Wildman–Crippen LogP) is 3.13. The maximum atomic E-state index is 9.36. The summed E-state index contributed by atoms with van der Waals surface area (Å²) in [5, 5.41) is 26.6. The van der Waals surface area contributed by atoms with E-state index in [-0.39, 0.29) is 30.6 Å². The summed E-state index contributed by atoms with van der Waals surface area (Å²) in [5.41, 5.74) is 0. The summed E-state index contributed by atoms with van der Waals surface area (Å²) in [6.45, 7) is 8.67. The van der Waals surface area contributed by atoms with E-state index in [1.807, 2.05) is 18.5 Å². The molecule has 0 fully saturated rings. The molecule has 0 aliphatic heterocycles. The maximum absolute atomic E-state index is 9.36. The Kier molecular flexibility index (Phi) is 12.4. The van der Waals surface area contributed by atoms with Crippen molar-refractivity contribution in [3.8, 4) is 0 Å². The van der Waals surface area contributed by atoms with Crippen molar-refractivity contribution in [3.05, 3.63) is 34.0 Å². The molecular weight excluding hydrogens is 499 g/mol. The highest BCUT2D eigenvalue weighted by Gasteiger charge is 2.12. The van der Waals surface area contributed by atoms with Gasteiger partial charge in [0.25, 0.3) is 0 Å². The summed E-state index contributed by atoms with van der Waals surface area (Å²) in [5.74, 6) is 3.53. The van der Waals surface area contributed by atoms with Crippen LogP contribution in [0.5, 0.6) is 0 Å². The fourth-order valence-corrected chi connectivity index (χ4v) is 3.77. The molecule has 3 N–H and O–H groups in total. The van der Waals surface area contributed by atoms with Gasteiger partial charge in [0.1, 0.15) is 12.4 Å². The second kappa shape index (κ2) is 13.9. The second-order valence-corrected chi connectivity index (χ2v) is 8.56. The third-order valence-corrected chi connectivity index (χ3v) is 5.64. The largest absolute Gasteiger partial charge is 0.396 e. The van der Waals surface area contributed by atoms with Crippen molar-refractivity contribution in [3.63, 3.8) is 0 Å². The summed E-state index contributed by atoms with van der Waals surface area (Å²) < 4.78 is 1.96. The molecule has 0 bridgehead atoms. The number of aromatic nitrogens is 3. The Morgan fingerprint density at radius 2 is 2.10 bits per heavy atom. The topological polar surface area (TPSA) is 87.4 Å². The number of hydrogen-bond acceptors (Lipinski definition) is 5. The number of aliphatic imine (C=N–C) groups is 1. The molecule has 164 valence electrons. The van der Waals surface area contributed by atoms with Crippen LogP contribution >= 0.6 is 35.3 Å². The van der Waals surface area contributed by atoms with E-state index in [0.717, 1.165) is 50.0 Å². The number of aliphatic hydroxyl groups excluding tert-OH is 1. The van der Waals surface area contributed by atoms with Crippen LogP contribution in [0.25, 0.3) is 0 Å². The van der Waals surface area contributed by atoms with E-state index >= 15 is 0 Å². The zero-order chi connectivity index (χ0) is 20.4. The molecule has 0 spiro atoms. The van der Waals surface area contributed by atoms with E-state index < -0.39 is 0 Å². The average Bonchev–Trinajstić information content (AvgIpc) is 3.28. The Balaban J connectivity index is 0.00000420. The molecule has 0 radical (unpaired) electrons. The Morgan fingerprint density at radius 3 is 2.69 bits per heavy atom. The van der Waals surface area contributed by atoms with Crippen molar-refractivity contribution in [2.75, 3.05) is 19.7 Å². The molecule has 1 atom stereocenters. The Hall–Kier alpha value is -1.20. The van der Waals surface area contributed by atoms with Crippen LogP contribution in [0.15, 0.2) is 22.5 Å². The Labute approximate surface area is 195 Å². The summed E-state index contributed by atoms with van der Waals surface area (Å²) in [6.07, 6.45) is 2.85. The van der Waals surface area contributed by atoms with E-state index in [1.54, 1.807) is 11.3 Å². The lowest BCUT2D eigenvalue weighted by molar-refractivity contribution is 0.243. The molecule has 0 saturated carbocycles. The average molecular weight is 535 g/mol. The van der Waals surface area contributed by atoms with Crippen molar-refractivity contribution in [2.45, 2.75) is 46.6 Å². The number of guanidine groups is 1. The fourth-order valence-electron chi connectivity index (χ4n) is 3.07. The molecule has 0 aliphatic carbocycles. The lowest BCUT2D eigenvalue weighted by Gasteiger charge is -2.20. The quantitative estimate of drug-likeness (QED) is 0.234. The SMILES string of the molecule is Cc1nnc(CN=C(NCCc2cccs2)NCC(CCO)CC(C)C)n1C.I. The molecule has 0 amide bonds. The summed E-state index contributed by atoms with van der Waals surface area (Å²) >= 11 is 1.77. The number of hydrogen-bond donors (Lipinski definition) is 3. The van der Waals surface area contributed by atoms with Crippen LogP contribution in [0.3, 0.4) is 0 Å². The first-order valence-electron chi connectivity index (χ1n) is 9.99. The molecule has 29 heavy (non-hydrogen) atoms. The van der Waals surface area contributed by atoms with E-state index in [4.69, 9.17) is 4.99 Å². The molecule has 7 nitrogen and oxygen atoms in total. The maximum Gasteiger partial charge on any atom is 0.191 e. The standard InChI is InChI=1S/C20H34N6OS.HI/c1-15(2)12-17(8-10-27)13-22-20(21-9-7-18-6-5-11-28-18)23-14-19-25-24-16(3)26(19)4;/h5-6,11,15,17,27H,7-10,12-14H2,1-4H3,(H2,21,22,23);1H. The highest BCUT2D eigenvalue weighted by molar-refractivity contribution is 14.0. The molecular formula is C20H35IN6OS. The van der Waals surface area contributed by atoms with Gasteiger partial charge in [-0.05, 0) is 49.5 Å². The lowest BCUT2D eigenvalue weighted by Crippen LogP contribution is -2.41. The zero-order valence-corrected chi connectivity index (χ0v) is 21.0. The van der Waals surface area contributed by atoms with Gasteiger partial charge in [-0.15, -0.1) is 45.5 Å². The van der Waals surface area contributed by atoms with Crippen molar-refractivity contribution in [1.82, 2.24) is 25.4 Å². The number of thiophene rings is 1. The molecule has 2 aromatic rings. The first-order valence-corrected chi connectivity index (χ1v) is 10.9. The minimum Gasteiger partial charge on any atom is -0.396 e. The molecule has 9 heteroatoms. The van der Waals surface area contributed by atoms with Crippen LogP contribution in [0, 0.1) is 18.8 Å². The van der Waals surface area contributed by atoms with E-state index in [1.165, 1.54) is 4.88 Å². The van der Waals surface area contributed by atoms with Gasteiger partial charge in [-0.1, -0.05) is 19.9 Å². The monoisotopic (exact) mass is 534 g/mol. The summed E-state index contributed by atoms with van der Waals surface area (Å²) in [6, 6.07) is 4.23. The fraction of sp³-hybridized carbons (Fsp3) is 0.650. The van der Waals surface area contributed by atoms with Crippen LogP contribution < -0.4 is 10.6 Å². The van der Waals surface area contributed by atoms with Crippen LogP contribution in [0.1, 0.15) is 43.2 Å². The van der Waals surface area contributed by atoms with Gasteiger partial charge in [0.2, 0.25) is 0 Å². The van der Waals surface area contributed by atoms with Gasteiger partial charge in [-0.3, -0.25) is 0 Å².